The Kier molecular flexibility index (Phi) is 5.25. The topological polar surface area (TPSA) is 63.4 Å². The highest BCUT2D eigenvalue weighted by atomic mass is 32.1. The molecule has 11 heteroatoms. The average Bonchev–Trinajstić information content (AvgIpc) is 3.51. The van der Waals surface area contributed by atoms with E-state index < -0.39 is 11.7 Å². The van der Waals surface area contributed by atoms with Crippen molar-refractivity contribution >= 4 is 34.2 Å². The molecule has 1 amide bonds. The van der Waals surface area contributed by atoms with Crippen LogP contribution in [-0.2, 0) is 6.18 Å². The first kappa shape index (κ1) is 21.1. The van der Waals surface area contributed by atoms with Crippen LogP contribution in [0.2, 0.25) is 0 Å². The van der Waals surface area contributed by atoms with Gasteiger partial charge < -0.3 is 4.90 Å². The maximum atomic E-state index is 13.3. The van der Waals surface area contributed by atoms with Crippen molar-refractivity contribution in [2.45, 2.75) is 31.9 Å². The van der Waals surface area contributed by atoms with Gasteiger partial charge in [-0.05, 0) is 43.3 Å². The van der Waals surface area contributed by atoms with Crippen molar-refractivity contribution < 1.29 is 18.0 Å². The Morgan fingerprint density at radius 1 is 1.22 bits per heavy atom. The number of thiophene rings is 1. The fraction of sp³-hybridized carbons (Fsp3) is 0.333. The number of fused-ring (bicyclic) bond motifs is 1. The molecule has 32 heavy (non-hydrogen) atoms. The number of likely N-dealkylation sites (tertiary alicyclic amines) is 1. The quantitative estimate of drug-likeness (QED) is 0.404. The predicted octanol–water partition coefficient (Wildman–Crippen LogP) is 5.26. The summed E-state index contributed by atoms with van der Waals surface area (Å²) in [5, 5.41) is 11.0. The lowest BCUT2D eigenvalue weighted by atomic mass is 9.97. The first-order chi connectivity index (χ1) is 15.3. The van der Waals surface area contributed by atoms with E-state index in [0.29, 0.717) is 35.1 Å². The molecule has 0 saturated carbocycles. The van der Waals surface area contributed by atoms with Gasteiger partial charge >= 0.3 is 6.18 Å². The molecule has 4 aromatic rings. The van der Waals surface area contributed by atoms with Gasteiger partial charge in [0.25, 0.3) is 5.91 Å². The number of carbonyl (C=O) groups is 1. The third-order valence-electron chi connectivity index (χ3n) is 5.55. The highest BCUT2D eigenvalue weighted by Crippen LogP contribution is 2.34. The zero-order valence-corrected chi connectivity index (χ0v) is 18.6. The van der Waals surface area contributed by atoms with Crippen LogP contribution in [0, 0.1) is 6.92 Å². The van der Waals surface area contributed by atoms with E-state index in [1.165, 1.54) is 21.8 Å². The third kappa shape index (κ3) is 3.79. The second-order valence-electron chi connectivity index (χ2n) is 7.70. The van der Waals surface area contributed by atoms with Crippen LogP contribution in [0.5, 0.6) is 0 Å². The molecule has 0 bridgehead atoms. The van der Waals surface area contributed by atoms with E-state index in [-0.39, 0.29) is 11.8 Å². The summed E-state index contributed by atoms with van der Waals surface area (Å²) in [6, 6.07) is 6.24. The molecule has 1 fully saturated rings. The normalized spacial score (nSPS) is 17.2. The van der Waals surface area contributed by atoms with E-state index >= 15 is 0 Å². The summed E-state index contributed by atoms with van der Waals surface area (Å²) in [6.07, 6.45) is -1.96. The Labute approximate surface area is 189 Å². The van der Waals surface area contributed by atoms with E-state index in [4.69, 9.17) is 0 Å². The Morgan fingerprint density at radius 3 is 2.81 bits per heavy atom. The van der Waals surface area contributed by atoms with Gasteiger partial charge in [0.15, 0.2) is 5.65 Å². The Bertz CT molecular complexity index is 1280. The molecule has 1 aliphatic heterocycles. The van der Waals surface area contributed by atoms with Crippen LogP contribution in [0.3, 0.4) is 0 Å². The van der Waals surface area contributed by atoms with Gasteiger partial charge in [0, 0.05) is 25.2 Å². The van der Waals surface area contributed by atoms with Crippen molar-refractivity contribution in [3.63, 3.8) is 0 Å². The number of halogens is 3. The number of hydrogen-bond acceptors (Lipinski definition) is 6. The monoisotopic (exact) mass is 477 g/mol. The third-order valence-corrected chi connectivity index (χ3v) is 7.74. The lowest BCUT2D eigenvalue weighted by Gasteiger charge is -2.31. The smallest absolute Gasteiger partial charge is 0.337 e. The van der Waals surface area contributed by atoms with Crippen molar-refractivity contribution in [3.05, 3.63) is 57.8 Å². The number of thiazole rings is 1. The summed E-state index contributed by atoms with van der Waals surface area (Å²) in [5.74, 6) is 0.150. The van der Waals surface area contributed by atoms with Gasteiger partial charge in [-0.3, -0.25) is 9.20 Å². The highest BCUT2D eigenvalue weighted by molar-refractivity contribution is 7.22. The number of piperidine rings is 1. The van der Waals surface area contributed by atoms with E-state index in [0.717, 1.165) is 35.0 Å². The summed E-state index contributed by atoms with van der Waals surface area (Å²) < 4.78 is 40.9. The molecule has 4 aromatic heterocycles. The van der Waals surface area contributed by atoms with E-state index in [2.05, 4.69) is 15.2 Å². The maximum Gasteiger partial charge on any atom is 0.417 e. The van der Waals surface area contributed by atoms with Gasteiger partial charge in [0.2, 0.25) is 0 Å². The predicted molar refractivity (Wildman–Crippen MR) is 116 cm³/mol. The zero-order chi connectivity index (χ0) is 22.5. The van der Waals surface area contributed by atoms with Crippen LogP contribution in [0.15, 0.2) is 35.8 Å². The van der Waals surface area contributed by atoms with Crippen molar-refractivity contribution in [2.75, 3.05) is 13.1 Å². The number of aromatic nitrogens is 4. The van der Waals surface area contributed by atoms with Crippen LogP contribution in [0.1, 0.15) is 45.5 Å². The second-order valence-corrected chi connectivity index (χ2v) is 9.65. The number of amides is 1. The molecular weight excluding hydrogens is 459 g/mol. The number of rotatable bonds is 3. The Balaban J connectivity index is 1.41. The number of nitrogens with zero attached hydrogens (tertiary/aromatic N) is 5. The minimum absolute atomic E-state index is 0.0997. The maximum absolute atomic E-state index is 13.3. The fourth-order valence-electron chi connectivity index (χ4n) is 3.97. The molecular formula is C21H18F3N5OS2. The van der Waals surface area contributed by atoms with Crippen LogP contribution in [0.25, 0.3) is 15.5 Å². The minimum Gasteiger partial charge on any atom is -0.337 e. The molecule has 1 saturated heterocycles. The molecule has 0 aliphatic carbocycles. The Morgan fingerprint density at radius 2 is 2.06 bits per heavy atom. The minimum atomic E-state index is -4.45. The van der Waals surface area contributed by atoms with Crippen LogP contribution in [0.4, 0.5) is 13.2 Å². The molecule has 5 rings (SSSR count). The molecule has 1 atom stereocenters. The summed E-state index contributed by atoms with van der Waals surface area (Å²) in [4.78, 5) is 21.2. The summed E-state index contributed by atoms with van der Waals surface area (Å²) in [6.45, 7) is 2.79. The second kappa shape index (κ2) is 7.96. The SMILES string of the molecule is Cc1nc(-c2cccs2)sc1C(=O)N1CCCC(c2nnc3ccc(C(F)(F)F)cn23)C1. The standard InChI is InChI=1S/C21H18F3N5OS2/c1-12-17(32-19(25-12)15-5-3-9-31-15)20(30)28-8-2-4-13(10-28)18-27-26-16-7-6-14(11-29(16)18)21(22,23)24/h3,5-7,9,11,13H,2,4,8,10H2,1H3. The lowest BCUT2D eigenvalue weighted by Crippen LogP contribution is -2.39. The number of pyridine rings is 1. The molecule has 6 nitrogen and oxygen atoms in total. The first-order valence-electron chi connectivity index (χ1n) is 10.0. The molecule has 1 unspecified atom stereocenters. The van der Waals surface area contributed by atoms with E-state index in [1.807, 2.05) is 24.4 Å². The van der Waals surface area contributed by atoms with Gasteiger partial charge in [-0.1, -0.05) is 6.07 Å². The first-order valence-corrected chi connectivity index (χ1v) is 11.7. The largest absolute Gasteiger partial charge is 0.417 e. The van der Waals surface area contributed by atoms with E-state index in [9.17, 15) is 18.0 Å². The van der Waals surface area contributed by atoms with E-state index in [1.54, 1.807) is 16.2 Å². The van der Waals surface area contributed by atoms with Crippen molar-refractivity contribution in [3.8, 4) is 9.88 Å². The number of aryl methyl sites for hydroxylation is 1. The lowest BCUT2D eigenvalue weighted by molar-refractivity contribution is -0.137. The van der Waals surface area contributed by atoms with Crippen LogP contribution >= 0.6 is 22.7 Å². The van der Waals surface area contributed by atoms with Crippen LogP contribution < -0.4 is 0 Å². The number of alkyl halides is 3. The molecule has 0 aromatic carbocycles. The van der Waals surface area contributed by atoms with Crippen molar-refractivity contribution in [1.82, 2.24) is 24.5 Å². The molecule has 0 spiro atoms. The van der Waals surface area contributed by atoms with Gasteiger partial charge in [0.1, 0.15) is 15.7 Å². The Hall–Kier alpha value is -2.79. The van der Waals surface area contributed by atoms with Gasteiger partial charge in [0.05, 0.1) is 16.1 Å². The molecule has 1 aliphatic rings. The van der Waals surface area contributed by atoms with Crippen molar-refractivity contribution in [2.24, 2.45) is 0 Å². The fourth-order valence-corrected chi connectivity index (χ4v) is 5.80. The van der Waals surface area contributed by atoms with Gasteiger partial charge in [-0.2, -0.15) is 13.2 Å². The summed E-state index contributed by atoms with van der Waals surface area (Å²) in [7, 11) is 0. The summed E-state index contributed by atoms with van der Waals surface area (Å²) >= 11 is 2.95. The molecule has 0 N–H and O–H groups in total. The summed E-state index contributed by atoms with van der Waals surface area (Å²) in [5.41, 5.74) is 0.291. The average molecular weight is 478 g/mol. The number of carbonyl (C=O) groups excluding carboxylic acids is 1. The molecule has 0 radical (unpaired) electrons. The van der Waals surface area contributed by atoms with Crippen molar-refractivity contribution in [1.29, 1.82) is 0 Å². The molecule has 5 heterocycles. The van der Waals surface area contributed by atoms with Crippen LogP contribution in [-0.4, -0.2) is 43.5 Å². The molecule has 166 valence electrons. The van der Waals surface area contributed by atoms with Gasteiger partial charge in [-0.15, -0.1) is 32.9 Å². The zero-order valence-electron chi connectivity index (χ0n) is 17.0. The van der Waals surface area contributed by atoms with Gasteiger partial charge in [-0.25, -0.2) is 4.98 Å². The number of hydrogen-bond donors (Lipinski definition) is 0. The highest BCUT2D eigenvalue weighted by Gasteiger charge is 2.33.